The van der Waals surface area contributed by atoms with Crippen molar-refractivity contribution >= 4 is 44.9 Å². The highest BCUT2D eigenvalue weighted by Crippen LogP contribution is 2.26. The third kappa shape index (κ3) is 3.99. The van der Waals surface area contributed by atoms with Crippen LogP contribution in [0.5, 0.6) is 0 Å². The maximum Gasteiger partial charge on any atom is 0.234 e. The summed E-state index contributed by atoms with van der Waals surface area (Å²) < 4.78 is 0. The molecular formula is C24H21NOS. The number of aryl methyl sites for hydroxylation is 1. The van der Waals surface area contributed by atoms with E-state index >= 15 is 0 Å². The van der Waals surface area contributed by atoms with Gasteiger partial charge in [0, 0.05) is 11.4 Å². The van der Waals surface area contributed by atoms with Gasteiger partial charge in [0.15, 0.2) is 0 Å². The van der Waals surface area contributed by atoms with Crippen LogP contribution in [0.15, 0.2) is 78.9 Å². The van der Waals surface area contributed by atoms with E-state index in [1.54, 1.807) is 11.8 Å². The van der Waals surface area contributed by atoms with E-state index in [0.717, 1.165) is 16.8 Å². The summed E-state index contributed by atoms with van der Waals surface area (Å²) >= 11 is 1.65. The molecular weight excluding hydrogens is 350 g/mol. The predicted octanol–water partition coefficient (Wildman–Crippen LogP) is 6.17. The van der Waals surface area contributed by atoms with Crippen molar-refractivity contribution in [1.82, 2.24) is 0 Å². The number of fused-ring (bicyclic) bond motifs is 2. The van der Waals surface area contributed by atoms with Crippen LogP contribution >= 0.6 is 11.8 Å². The molecule has 0 saturated carbocycles. The number of hydrogen-bond acceptors (Lipinski definition) is 2. The molecule has 0 aromatic heterocycles. The van der Waals surface area contributed by atoms with Crippen LogP contribution in [0.25, 0.3) is 21.5 Å². The summed E-state index contributed by atoms with van der Waals surface area (Å²) in [5.74, 6) is 1.31. The molecule has 0 aliphatic rings. The molecule has 0 aliphatic heterocycles. The lowest BCUT2D eigenvalue weighted by molar-refractivity contribution is -0.113. The van der Waals surface area contributed by atoms with Crippen molar-refractivity contribution in [2.24, 2.45) is 0 Å². The molecule has 0 radical (unpaired) electrons. The fourth-order valence-electron chi connectivity index (χ4n) is 3.35. The van der Waals surface area contributed by atoms with Gasteiger partial charge in [0.05, 0.1) is 5.75 Å². The quantitative estimate of drug-likeness (QED) is 0.454. The molecule has 0 unspecified atom stereocenters. The van der Waals surface area contributed by atoms with E-state index in [0.29, 0.717) is 5.75 Å². The Kier molecular flexibility index (Phi) is 5.12. The minimum atomic E-state index is 0.0353. The summed E-state index contributed by atoms with van der Waals surface area (Å²) in [5, 5.41) is 7.85. The predicted molar refractivity (Wildman–Crippen MR) is 117 cm³/mol. The largest absolute Gasteiger partial charge is 0.325 e. The number of anilines is 1. The highest BCUT2D eigenvalue weighted by molar-refractivity contribution is 7.99. The molecule has 1 amide bonds. The van der Waals surface area contributed by atoms with E-state index in [2.05, 4.69) is 60.8 Å². The maximum absolute atomic E-state index is 12.4. The standard InChI is InChI=1S/C24H21NOS/c1-17-10-11-19-7-4-5-9-22(19)23(17)15-27-16-24(26)25-21-13-12-18-6-2-3-8-20(18)14-21/h2-14H,15-16H2,1H3,(H,25,26). The lowest BCUT2D eigenvalue weighted by Gasteiger charge is -2.11. The number of rotatable bonds is 5. The fraction of sp³-hybridized carbons (Fsp3) is 0.125. The molecule has 0 bridgehead atoms. The van der Waals surface area contributed by atoms with Gasteiger partial charge >= 0.3 is 0 Å². The van der Waals surface area contributed by atoms with Crippen LogP contribution in [-0.4, -0.2) is 11.7 Å². The Bertz CT molecular complexity index is 1120. The molecule has 4 rings (SSSR count). The number of benzene rings is 4. The van der Waals surface area contributed by atoms with E-state index in [9.17, 15) is 4.79 Å². The highest BCUT2D eigenvalue weighted by atomic mass is 32.2. The zero-order chi connectivity index (χ0) is 18.6. The number of carbonyl (C=O) groups is 1. The summed E-state index contributed by atoms with van der Waals surface area (Å²) in [6.45, 7) is 2.14. The first-order chi connectivity index (χ1) is 13.2. The molecule has 0 spiro atoms. The summed E-state index contributed by atoms with van der Waals surface area (Å²) in [6, 6.07) is 26.9. The molecule has 0 heterocycles. The van der Waals surface area contributed by atoms with Gasteiger partial charge in [0.25, 0.3) is 0 Å². The van der Waals surface area contributed by atoms with Gasteiger partial charge < -0.3 is 5.32 Å². The molecule has 134 valence electrons. The Morgan fingerprint density at radius 3 is 2.41 bits per heavy atom. The van der Waals surface area contributed by atoms with Gasteiger partial charge in [-0.05, 0) is 51.7 Å². The number of nitrogens with one attached hydrogen (secondary N) is 1. The molecule has 2 nitrogen and oxygen atoms in total. The van der Waals surface area contributed by atoms with Crippen molar-refractivity contribution in [1.29, 1.82) is 0 Å². The summed E-state index contributed by atoms with van der Waals surface area (Å²) in [5.41, 5.74) is 3.44. The molecule has 4 aromatic carbocycles. The molecule has 0 fully saturated rings. The second kappa shape index (κ2) is 7.85. The number of hydrogen-bond donors (Lipinski definition) is 1. The van der Waals surface area contributed by atoms with Crippen molar-refractivity contribution in [3.63, 3.8) is 0 Å². The maximum atomic E-state index is 12.4. The normalized spacial score (nSPS) is 11.0. The third-order valence-corrected chi connectivity index (χ3v) is 5.75. The van der Waals surface area contributed by atoms with E-state index in [1.807, 2.05) is 30.3 Å². The summed E-state index contributed by atoms with van der Waals surface area (Å²) in [6.07, 6.45) is 0. The van der Waals surface area contributed by atoms with Gasteiger partial charge in [-0.3, -0.25) is 4.79 Å². The Balaban J connectivity index is 1.40. The number of carbonyl (C=O) groups excluding carboxylic acids is 1. The average Bonchev–Trinajstić information content (AvgIpc) is 2.69. The van der Waals surface area contributed by atoms with Gasteiger partial charge in [0.1, 0.15) is 0 Å². The van der Waals surface area contributed by atoms with Crippen molar-refractivity contribution in [2.45, 2.75) is 12.7 Å². The van der Waals surface area contributed by atoms with Gasteiger partial charge in [-0.1, -0.05) is 66.7 Å². The van der Waals surface area contributed by atoms with Crippen LogP contribution in [0.2, 0.25) is 0 Å². The van der Waals surface area contributed by atoms with Crippen LogP contribution in [0.3, 0.4) is 0 Å². The zero-order valence-corrected chi connectivity index (χ0v) is 16.1. The first kappa shape index (κ1) is 17.6. The smallest absolute Gasteiger partial charge is 0.234 e. The SMILES string of the molecule is Cc1ccc2ccccc2c1CSCC(=O)Nc1ccc2ccccc2c1. The van der Waals surface area contributed by atoms with Crippen LogP contribution in [0.4, 0.5) is 5.69 Å². The van der Waals surface area contributed by atoms with Gasteiger partial charge in [-0.15, -0.1) is 11.8 Å². The monoisotopic (exact) mass is 371 g/mol. The molecule has 4 aromatic rings. The van der Waals surface area contributed by atoms with Gasteiger partial charge in [-0.2, -0.15) is 0 Å². The van der Waals surface area contributed by atoms with E-state index in [1.165, 1.54) is 27.3 Å². The Hall–Kier alpha value is -2.78. The topological polar surface area (TPSA) is 29.1 Å². The van der Waals surface area contributed by atoms with Crippen LogP contribution in [0.1, 0.15) is 11.1 Å². The van der Waals surface area contributed by atoms with Crippen LogP contribution < -0.4 is 5.32 Å². The first-order valence-electron chi connectivity index (χ1n) is 9.04. The van der Waals surface area contributed by atoms with Crippen molar-refractivity contribution in [3.8, 4) is 0 Å². The molecule has 27 heavy (non-hydrogen) atoms. The zero-order valence-electron chi connectivity index (χ0n) is 15.2. The van der Waals surface area contributed by atoms with Crippen molar-refractivity contribution in [2.75, 3.05) is 11.1 Å². The van der Waals surface area contributed by atoms with E-state index in [-0.39, 0.29) is 5.91 Å². The van der Waals surface area contributed by atoms with Crippen molar-refractivity contribution < 1.29 is 4.79 Å². The van der Waals surface area contributed by atoms with E-state index < -0.39 is 0 Å². The third-order valence-electron chi connectivity index (χ3n) is 4.79. The van der Waals surface area contributed by atoms with Crippen LogP contribution in [0, 0.1) is 6.92 Å². The van der Waals surface area contributed by atoms with Gasteiger partial charge in [-0.25, -0.2) is 0 Å². The minimum absolute atomic E-state index is 0.0353. The second-order valence-corrected chi connectivity index (χ2v) is 7.67. The number of thioether (sulfide) groups is 1. The summed E-state index contributed by atoms with van der Waals surface area (Å²) in [7, 11) is 0. The molecule has 0 aliphatic carbocycles. The average molecular weight is 372 g/mol. The molecule has 0 saturated heterocycles. The Morgan fingerprint density at radius 1 is 0.852 bits per heavy atom. The second-order valence-electron chi connectivity index (χ2n) is 6.69. The Labute approximate surface area is 163 Å². The molecule has 1 N–H and O–H groups in total. The lowest BCUT2D eigenvalue weighted by Crippen LogP contribution is -2.14. The Morgan fingerprint density at radius 2 is 1.56 bits per heavy atom. The van der Waals surface area contributed by atoms with Crippen molar-refractivity contribution in [3.05, 3.63) is 90.0 Å². The first-order valence-corrected chi connectivity index (χ1v) is 10.2. The van der Waals surface area contributed by atoms with Gasteiger partial charge in [0.2, 0.25) is 5.91 Å². The van der Waals surface area contributed by atoms with Crippen LogP contribution in [-0.2, 0) is 10.5 Å². The fourth-order valence-corrected chi connectivity index (χ4v) is 4.29. The minimum Gasteiger partial charge on any atom is -0.325 e. The molecule has 3 heteroatoms. The lowest BCUT2D eigenvalue weighted by atomic mass is 10.0. The van der Waals surface area contributed by atoms with E-state index in [4.69, 9.17) is 0 Å². The summed E-state index contributed by atoms with van der Waals surface area (Å²) in [4.78, 5) is 12.4. The molecule has 0 atom stereocenters. The number of amides is 1. The highest BCUT2D eigenvalue weighted by Gasteiger charge is 2.08.